The molecule has 0 saturated carbocycles. The summed E-state index contributed by atoms with van der Waals surface area (Å²) in [5.74, 6) is 0.309. The van der Waals surface area contributed by atoms with Gasteiger partial charge < -0.3 is 0 Å². The first-order valence-electron chi connectivity index (χ1n) is 8.38. The molecule has 1 heterocycles. The Morgan fingerprint density at radius 2 is 1.57 bits per heavy atom. The van der Waals surface area contributed by atoms with Crippen LogP contribution < -0.4 is 0 Å². The number of nitrogens with zero attached hydrogens (tertiary/aromatic N) is 2. The summed E-state index contributed by atoms with van der Waals surface area (Å²) < 4.78 is 28.8. The van der Waals surface area contributed by atoms with Gasteiger partial charge in [-0.2, -0.15) is 0 Å². The predicted molar refractivity (Wildman–Crippen MR) is 117 cm³/mol. The van der Waals surface area contributed by atoms with Crippen LogP contribution in [0, 0.1) is 0 Å². The van der Waals surface area contributed by atoms with E-state index in [0.29, 0.717) is 21.9 Å². The molecule has 4 aromatic rings. The molecule has 1 aromatic heterocycles. The predicted octanol–water partition coefficient (Wildman–Crippen LogP) is 5.86. The molecule has 140 valence electrons. The molecule has 0 unspecified atom stereocenters. The zero-order valence-corrected chi connectivity index (χ0v) is 17.6. The number of aromatic nitrogens is 2. The fourth-order valence-corrected chi connectivity index (χ4v) is 4.78. The fourth-order valence-electron chi connectivity index (χ4n) is 2.87. The lowest BCUT2D eigenvalue weighted by Gasteiger charge is -2.09. The molecule has 7 heteroatoms. The monoisotopic (exact) mass is 472 g/mol. The summed E-state index contributed by atoms with van der Waals surface area (Å²) in [5, 5.41) is 0.581. The van der Waals surface area contributed by atoms with Gasteiger partial charge in [0.2, 0.25) is 0 Å². The molecule has 4 rings (SSSR count). The van der Waals surface area contributed by atoms with Crippen molar-refractivity contribution in [3.05, 3.63) is 93.7 Å². The van der Waals surface area contributed by atoms with Crippen LogP contribution in [0.3, 0.4) is 0 Å². The molecule has 0 fully saturated rings. The Hall–Kier alpha value is -2.41. The van der Waals surface area contributed by atoms with Gasteiger partial charge in [0.1, 0.15) is 5.82 Å². The van der Waals surface area contributed by atoms with Crippen LogP contribution >= 0.6 is 27.5 Å². The van der Waals surface area contributed by atoms with Crippen LogP contribution in [-0.4, -0.2) is 17.4 Å². The molecular weight excluding hydrogens is 460 g/mol. The topological polar surface area (TPSA) is 52.0 Å². The van der Waals surface area contributed by atoms with Crippen molar-refractivity contribution >= 4 is 60.7 Å². The van der Waals surface area contributed by atoms with Crippen molar-refractivity contribution in [2.24, 2.45) is 0 Å². The summed E-state index contributed by atoms with van der Waals surface area (Å²) >= 11 is 9.54. The quantitative estimate of drug-likeness (QED) is 0.373. The van der Waals surface area contributed by atoms with Gasteiger partial charge in [-0.05, 0) is 60.2 Å². The molecule has 0 spiro atoms. The van der Waals surface area contributed by atoms with Gasteiger partial charge in [-0.1, -0.05) is 57.9 Å². The van der Waals surface area contributed by atoms with Crippen molar-refractivity contribution in [2.45, 2.75) is 4.90 Å². The van der Waals surface area contributed by atoms with Gasteiger partial charge >= 0.3 is 0 Å². The highest BCUT2D eigenvalue weighted by Gasteiger charge is 2.23. The molecule has 0 saturated heterocycles. The fraction of sp³-hybridized carbons (Fsp3) is 0. The molecule has 3 aromatic carbocycles. The molecular formula is C21H14BrClN2O2S. The van der Waals surface area contributed by atoms with Crippen LogP contribution in [0.15, 0.2) is 82.2 Å². The van der Waals surface area contributed by atoms with E-state index in [1.807, 2.05) is 24.3 Å². The number of imidazole rings is 1. The Morgan fingerprint density at radius 3 is 2.32 bits per heavy atom. The van der Waals surface area contributed by atoms with Crippen molar-refractivity contribution in [2.75, 3.05) is 0 Å². The first-order chi connectivity index (χ1) is 13.5. The first kappa shape index (κ1) is 18.9. The first-order valence-corrected chi connectivity index (χ1v) is 11.0. The minimum Gasteiger partial charge on any atom is -0.228 e. The van der Waals surface area contributed by atoms with Gasteiger partial charge in [-0.25, -0.2) is 17.4 Å². The second-order valence-electron chi connectivity index (χ2n) is 6.04. The van der Waals surface area contributed by atoms with Gasteiger partial charge in [0, 0.05) is 9.50 Å². The molecule has 0 aliphatic carbocycles. The van der Waals surface area contributed by atoms with E-state index >= 15 is 0 Å². The molecule has 28 heavy (non-hydrogen) atoms. The zero-order valence-electron chi connectivity index (χ0n) is 14.5. The van der Waals surface area contributed by atoms with E-state index in [-0.39, 0.29) is 4.90 Å². The van der Waals surface area contributed by atoms with Crippen molar-refractivity contribution in [1.82, 2.24) is 8.96 Å². The zero-order chi connectivity index (χ0) is 19.7. The SMILES string of the molecule is O=S(=O)(c1ccc(Br)cc1)n1c(/C=C/c2ccccc2Cl)nc2ccccc21. The Labute approximate surface area is 176 Å². The second kappa shape index (κ2) is 7.54. The van der Waals surface area contributed by atoms with E-state index in [1.54, 1.807) is 60.7 Å². The summed E-state index contributed by atoms with van der Waals surface area (Å²) in [6.45, 7) is 0. The van der Waals surface area contributed by atoms with E-state index in [0.717, 1.165) is 10.0 Å². The molecule has 0 amide bonds. The van der Waals surface area contributed by atoms with Gasteiger partial charge in [-0.15, -0.1) is 0 Å². The Morgan fingerprint density at radius 1 is 0.893 bits per heavy atom. The normalized spacial score (nSPS) is 12.1. The van der Waals surface area contributed by atoms with Gasteiger partial charge in [0.15, 0.2) is 0 Å². The minimum atomic E-state index is -3.84. The highest BCUT2D eigenvalue weighted by Crippen LogP contribution is 2.26. The molecule has 0 aliphatic heterocycles. The van der Waals surface area contributed by atoms with Gasteiger partial charge in [0.05, 0.1) is 15.9 Å². The third kappa shape index (κ3) is 3.51. The third-order valence-corrected chi connectivity index (χ3v) is 6.82. The standard InChI is InChI=1S/C21H14BrClN2O2S/c22-16-10-12-17(13-11-16)28(26,27)25-20-8-4-3-7-19(20)24-21(25)14-9-15-5-1-2-6-18(15)23/h1-14H/b14-9+. The molecule has 0 radical (unpaired) electrons. The van der Waals surface area contributed by atoms with E-state index < -0.39 is 10.0 Å². The lowest BCUT2D eigenvalue weighted by molar-refractivity contribution is 0.588. The minimum absolute atomic E-state index is 0.186. The molecule has 4 nitrogen and oxygen atoms in total. The lowest BCUT2D eigenvalue weighted by atomic mass is 10.2. The van der Waals surface area contributed by atoms with Crippen LogP contribution in [0.25, 0.3) is 23.2 Å². The van der Waals surface area contributed by atoms with Gasteiger partial charge in [-0.3, -0.25) is 0 Å². The Bertz CT molecular complexity index is 1300. The largest absolute Gasteiger partial charge is 0.269 e. The van der Waals surface area contributed by atoms with Crippen LogP contribution in [0.2, 0.25) is 5.02 Å². The van der Waals surface area contributed by atoms with E-state index in [9.17, 15) is 8.42 Å². The summed E-state index contributed by atoms with van der Waals surface area (Å²) in [6.07, 6.45) is 3.43. The highest BCUT2D eigenvalue weighted by molar-refractivity contribution is 9.10. The average Bonchev–Trinajstić information content (AvgIpc) is 3.07. The van der Waals surface area contributed by atoms with E-state index in [4.69, 9.17) is 11.6 Å². The summed E-state index contributed by atoms with van der Waals surface area (Å²) in [7, 11) is -3.84. The van der Waals surface area contributed by atoms with Crippen LogP contribution in [0.4, 0.5) is 0 Å². The number of hydrogen-bond donors (Lipinski definition) is 0. The van der Waals surface area contributed by atoms with Crippen LogP contribution in [0.5, 0.6) is 0 Å². The van der Waals surface area contributed by atoms with Crippen LogP contribution in [0.1, 0.15) is 11.4 Å². The second-order valence-corrected chi connectivity index (χ2v) is 9.15. The van der Waals surface area contributed by atoms with Crippen molar-refractivity contribution in [1.29, 1.82) is 0 Å². The summed E-state index contributed by atoms with van der Waals surface area (Å²) in [6, 6.07) is 21.0. The van der Waals surface area contributed by atoms with Gasteiger partial charge in [0.25, 0.3) is 10.0 Å². The number of para-hydroxylation sites is 2. The van der Waals surface area contributed by atoms with Crippen molar-refractivity contribution in [3.63, 3.8) is 0 Å². The summed E-state index contributed by atoms with van der Waals surface area (Å²) in [4.78, 5) is 4.70. The molecule has 0 N–H and O–H groups in total. The Kier molecular flexibility index (Phi) is 5.10. The van der Waals surface area contributed by atoms with E-state index in [2.05, 4.69) is 20.9 Å². The molecule has 0 aliphatic rings. The molecule has 0 bridgehead atoms. The maximum atomic E-state index is 13.4. The smallest absolute Gasteiger partial charge is 0.228 e. The van der Waals surface area contributed by atoms with Crippen molar-refractivity contribution < 1.29 is 8.42 Å². The lowest BCUT2D eigenvalue weighted by Crippen LogP contribution is -2.14. The van der Waals surface area contributed by atoms with E-state index in [1.165, 1.54) is 3.97 Å². The number of halogens is 2. The number of rotatable bonds is 4. The Balaban J connectivity index is 1.91. The molecule has 0 atom stereocenters. The van der Waals surface area contributed by atoms with Crippen molar-refractivity contribution in [3.8, 4) is 0 Å². The van der Waals surface area contributed by atoms with Crippen LogP contribution in [-0.2, 0) is 10.0 Å². The number of hydrogen-bond acceptors (Lipinski definition) is 3. The number of benzene rings is 3. The third-order valence-electron chi connectivity index (χ3n) is 4.21. The number of fused-ring (bicyclic) bond motifs is 1. The average molecular weight is 474 g/mol. The maximum absolute atomic E-state index is 13.4. The highest BCUT2D eigenvalue weighted by atomic mass is 79.9. The summed E-state index contributed by atoms with van der Waals surface area (Å²) in [5.41, 5.74) is 1.90. The maximum Gasteiger partial charge on any atom is 0.269 e.